The Morgan fingerprint density at radius 2 is 1.84 bits per heavy atom. The summed E-state index contributed by atoms with van der Waals surface area (Å²) in [7, 11) is 1.70. The number of aromatic nitrogens is 1. The van der Waals surface area contributed by atoms with Crippen molar-refractivity contribution >= 4 is 23.1 Å². The summed E-state index contributed by atoms with van der Waals surface area (Å²) in [6.07, 6.45) is 2.33. The van der Waals surface area contributed by atoms with Crippen LogP contribution >= 0.6 is 11.3 Å². The summed E-state index contributed by atoms with van der Waals surface area (Å²) in [6, 6.07) is 18.3. The quantitative estimate of drug-likeness (QED) is 0.495. The molecule has 6 nitrogen and oxygen atoms in total. The van der Waals surface area contributed by atoms with Gasteiger partial charge in [0.2, 0.25) is 5.91 Å². The number of anilines is 1. The van der Waals surface area contributed by atoms with Gasteiger partial charge in [-0.15, -0.1) is 11.3 Å². The van der Waals surface area contributed by atoms with Crippen molar-refractivity contribution in [2.45, 2.75) is 19.5 Å². The highest BCUT2D eigenvalue weighted by atomic mass is 32.1. The van der Waals surface area contributed by atoms with Gasteiger partial charge in [-0.05, 0) is 29.6 Å². The van der Waals surface area contributed by atoms with Crippen molar-refractivity contribution in [1.29, 1.82) is 0 Å². The maximum atomic E-state index is 13.0. The Labute approximate surface area is 194 Å². The summed E-state index contributed by atoms with van der Waals surface area (Å²) < 4.78 is 5.54. The Hall–Kier alpha value is -2.90. The van der Waals surface area contributed by atoms with Crippen LogP contribution in [0, 0.1) is 0 Å². The van der Waals surface area contributed by atoms with Crippen LogP contribution in [0.5, 0.6) is 5.75 Å². The van der Waals surface area contributed by atoms with Gasteiger partial charge < -0.3 is 14.5 Å². The van der Waals surface area contributed by atoms with Crippen LogP contribution in [0.1, 0.15) is 16.9 Å². The molecule has 0 saturated carbocycles. The molecular formula is C25H30N4O2S. The van der Waals surface area contributed by atoms with Crippen LogP contribution in [0.2, 0.25) is 0 Å². The van der Waals surface area contributed by atoms with Crippen LogP contribution < -0.4 is 9.64 Å². The molecule has 0 aliphatic carbocycles. The van der Waals surface area contributed by atoms with E-state index in [0.29, 0.717) is 6.42 Å². The monoisotopic (exact) mass is 450 g/mol. The molecule has 0 bridgehead atoms. The molecule has 0 unspecified atom stereocenters. The lowest BCUT2D eigenvalue weighted by Crippen LogP contribution is -2.49. The van der Waals surface area contributed by atoms with E-state index in [1.807, 2.05) is 47.5 Å². The molecule has 2 aromatic heterocycles. The highest BCUT2D eigenvalue weighted by molar-refractivity contribution is 7.09. The fraction of sp³-hybridized carbons (Fsp3) is 0.360. The van der Waals surface area contributed by atoms with Crippen LogP contribution in [0.3, 0.4) is 0 Å². The first-order valence-electron chi connectivity index (χ1n) is 11.0. The molecule has 4 rings (SSSR count). The Morgan fingerprint density at radius 3 is 2.56 bits per heavy atom. The van der Waals surface area contributed by atoms with Gasteiger partial charge in [0, 0.05) is 68.9 Å². The van der Waals surface area contributed by atoms with Crippen LogP contribution in [-0.2, 0) is 17.9 Å². The topological polar surface area (TPSA) is 48.9 Å². The summed E-state index contributed by atoms with van der Waals surface area (Å²) in [5, 5.41) is 2.10. The van der Waals surface area contributed by atoms with Gasteiger partial charge in [-0.1, -0.05) is 30.3 Å². The fourth-order valence-electron chi connectivity index (χ4n) is 4.05. The minimum absolute atomic E-state index is 0.224. The number of hydrogen-bond acceptors (Lipinski definition) is 6. The van der Waals surface area contributed by atoms with Crippen LogP contribution in [0.4, 0.5) is 5.82 Å². The first kappa shape index (κ1) is 22.3. The average molecular weight is 451 g/mol. The Kier molecular flexibility index (Phi) is 7.74. The van der Waals surface area contributed by atoms with E-state index >= 15 is 0 Å². The van der Waals surface area contributed by atoms with Crippen molar-refractivity contribution < 1.29 is 9.53 Å². The molecule has 32 heavy (non-hydrogen) atoms. The highest BCUT2D eigenvalue weighted by Crippen LogP contribution is 2.22. The number of rotatable bonds is 9. The van der Waals surface area contributed by atoms with Crippen molar-refractivity contribution in [2.75, 3.05) is 44.7 Å². The first-order chi connectivity index (χ1) is 15.7. The third kappa shape index (κ3) is 5.87. The summed E-state index contributed by atoms with van der Waals surface area (Å²) in [4.78, 5) is 25.3. The molecule has 0 radical (unpaired) electrons. The third-order valence-corrected chi connectivity index (χ3v) is 6.65. The summed E-state index contributed by atoms with van der Waals surface area (Å²) >= 11 is 1.75. The SMILES string of the molecule is COc1ccccc1CN(CCC(=O)N1CCN(c2ccccn2)CC1)Cc1cccs1. The van der Waals surface area contributed by atoms with Crippen LogP contribution in [0.25, 0.3) is 0 Å². The summed E-state index contributed by atoms with van der Waals surface area (Å²) in [5.41, 5.74) is 1.14. The molecule has 1 aromatic carbocycles. The minimum atomic E-state index is 0.224. The molecule has 3 aromatic rings. The standard InChI is InChI=1S/C25H30N4O2S/c1-31-23-9-3-2-7-21(23)19-27(20-22-8-6-18-32-22)13-11-25(30)29-16-14-28(15-17-29)24-10-4-5-12-26-24/h2-10,12,18H,11,13-17,19-20H2,1H3. The highest BCUT2D eigenvalue weighted by Gasteiger charge is 2.22. The van der Waals surface area contributed by atoms with E-state index < -0.39 is 0 Å². The number of ether oxygens (including phenoxy) is 1. The van der Waals surface area contributed by atoms with Gasteiger partial charge in [-0.3, -0.25) is 9.69 Å². The number of thiophene rings is 1. The van der Waals surface area contributed by atoms with Crippen LogP contribution in [-0.4, -0.2) is 60.5 Å². The third-order valence-electron chi connectivity index (χ3n) is 5.79. The van der Waals surface area contributed by atoms with Gasteiger partial charge in [0.1, 0.15) is 11.6 Å². The number of piperazine rings is 1. The Morgan fingerprint density at radius 1 is 1.03 bits per heavy atom. The number of methoxy groups -OCH3 is 1. The number of carbonyl (C=O) groups is 1. The Bertz CT molecular complexity index is 973. The molecule has 1 saturated heterocycles. The number of pyridine rings is 1. The summed E-state index contributed by atoms with van der Waals surface area (Å²) in [5.74, 6) is 2.10. The Balaban J connectivity index is 1.33. The largest absolute Gasteiger partial charge is 0.496 e. The van der Waals surface area contributed by atoms with E-state index in [1.54, 1.807) is 18.4 Å². The van der Waals surface area contributed by atoms with E-state index in [9.17, 15) is 4.79 Å². The second-order valence-electron chi connectivity index (χ2n) is 7.91. The zero-order valence-electron chi connectivity index (χ0n) is 18.5. The van der Waals surface area contributed by atoms with Gasteiger partial charge in [-0.2, -0.15) is 0 Å². The molecule has 168 valence electrons. The molecule has 0 N–H and O–H groups in total. The number of hydrogen-bond donors (Lipinski definition) is 0. The number of amides is 1. The van der Waals surface area contributed by atoms with E-state index in [1.165, 1.54) is 4.88 Å². The molecule has 0 spiro atoms. The average Bonchev–Trinajstić information content (AvgIpc) is 3.36. The number of para-hydroxylation sites is 1. The summed E-state index contributed by atoms with van der Waals surface area (Å²) in [6.45, 7) is 5.43. The number of carbonyl (C=O) groups excluding carboxylic acids is 1. The smallest absolute Gasteiger partial charge is 0.223 e. The zero-order chi connectivity index (χ0) is 22.2. The van der Waals surface area contributed by atoms with E-state index in [0.717, 1.165) is 62.9 Å². The van der Waals surface area contributed by atoms with Gasteiger partial charge >= 0.3 is 0 Å². The molecule has 1 aliphatic rings. The molecule has 0 atom stereocenters. The van der Waals surface area contributed by atoms with Gasteiger partial charge in [0.25, 0.3) is 0 Å². The number of nitrogens with zero attached hydrogens (tertiary/aromatic N) is 4. The van der Waals surface area contributed by atoms with E-state index in [-0.39, 0.29) is 5.91 Å². The van der Waals surface area contributed by atoms with E-state index in [2.05, 4.69) is 38.4 Å². The van der Waals surface area contributed by atoms with Gasteiger partial charge in [0.15, 0.2) is 0 Å². The predicted octanol–water partition coefficient (Wildman–Crippen LogP) is 3.89. The molecule has 1 aliphatic heterocycles. The molecule has 1 amide bonds. The van der Waals surface area contributed by atoms with Crippen molar-refractivity contribution in [3.63, 3.8) is 0 Å². The second kappa shape index (κ2) is 11.1. The van der Waals surface area contributed by atoms with Gasteiger partial charge in [0.05, 0.1) is 7.11 Å². The molecule has 7 heteroatoms. The lowest BCUT2D eigenvalue weighted by Gasteiger charge is -2.35. The lowest BCUT2D eigenvalue weighted by atomic mass is 10.1. The lowest BCUT2D eigenvalue weighted by molar-refractivity contribution is -0.131. The maximum absolute atomic E-state index is 13.0. The molecule has 1 fully saturated rings. The van der Waals surface area contributed by atoms with Crippen molar-refractivity contribution in [3.8, 4) is 5.75 Å². The van der Waals surface area contributed by atoms with E-state index in [4.69, 9.17) is 4.74 Å². The molecular weight excluding hydrogens is 420 g/mol. The fourth-order valence-corrected chi connectivity index (χ4v) is 4.80. The van der Waals surface area contributed by atoms with Crippen molar-refractivity contribution in [2.24, 2.45) is 0 Å². The zero-order valence-corrected chi connectivity index (χ0v) is 19.3. The van der Waals surface area contributed by atoms with Crippen molar-refractivity contribution in [1.82, 2.24) is 14.8 Å². The van der Waals surface area contributed by atoms with Gasteiger partial charge in [-0.25, -0.2) is 4.98 Å². The van der Waals surface area contributed by atoms with Crippen LogP contribution in [0.15, 0.2) is 66.2 Å². The molecule has 3 heterocycles. The maximum Gasteiger partial charge on any atom is 0.223 e. The first-order valence-corrected chi connectivity index (χ1v) is 11.9. The normalized spacial score (nSPS) is 14.1. The second-order valence-corrected chi connectivity index (χ2v) is 8.94. The number of benzene rings is 1. The predicted molar refractivity (Wildman–Crippen MR) is 129 cm³/mol. The van der Waals surface area contributed by atoms with Crippen molar-refractivity contribution in [3.05, 3.63) is 76.6 Å². The minimum Gasteiger partial charge on any atom is -0.496 e.